The third kappa shape index (κ3) is 3.02. The van der Waals surface area contributed by atoms with Gasteiger partial charge in [-0.2, -0.15) is 0 Å². The van der Waals surface area contributed by atoms with Gasteiger partial charge in [-0.25, -0.2) is 4.39 Å². The van der Waals surface area contributed by atoms with E-state index in [1.807, 2.05) is 0 Å². The van der Waals surface area contributed by atoms with E-state index in [9.17, 15) is 14.3 Å². The normalized spacial score (nSPS) is 23.7. The summed E-state index contributed by atoms with van der Waals surface area (Å²) in [5.41, 5.74) is 0.132. The lowest BCUT2D eigenvalue weighted by molar-refractivity contribution is -0.118. The fraction of sp³-hybridized carbons (Fsp3) is 0.364. The van der Waals surface area contributed by atoms with E-state index in [1.165, 1.54) is 12.1 Å². The molecule has 1 aliphatic heterocycles. The van der Waals surface area contributed by atoms with Gasteiger partial charge in [-0.1, -0.05) is 15.9 Å². The highest BCUT2D eigenvalue weighted by Gasteiger charge is 2.28. The van der Waals surface area contributed by atoms with E-state index in [0.717, 1.165) is 0 Å². The number of anilines is 1. The number of amides is 1. The van der Waals surface area contributed by atoms with Crippen molar-refractivity contribution in [2.45, 2.75) is 18.6 Å². The topological polar surface area (TPSA) is 61.4 Å². The molecule has 1 fully saturated rings. The molecule has 1 heterocycles. The highest BCUT2D eigenvalue weighted by atomic mass is 79.9. The van der Waals surface area contributed by atoms with E-state index in [0.29, 0.717) is 17.4 Å². The highest BCUT2D eigenvalue weighted by molar-refractivity contribution is 9.10. The van der Waals surface area contributed by atoms with E-state index in [2.05, 4.69) is 26.6 Å². The Morgan fingerprint density at radius 1 is 1.59 bits per heavy atom. The predicted octanol–water partition coefficient (Wildman–Crippen LogP) is 1.25. The molecule has 17 heavy (non-hydrogen) atoms. The summed E-state index contributed by atoms with van der Waals surface area (Å²) in [5.74, 6) is -0.821. The molecule has 2 atom stereocenters. The Bertz CT molecular complexity index is 441. The zero-order valence-electron chi connectivity index (χ0n) is 8.91. The maximum Gasteiger partial charge on any atom is 0.241 e. The summed E-state index contributed by atoms with van der Waals surface area (Å²) in [6.07, 6.45) is -0.167. The van der Waals surface area contributed by atoms with Crippen LogP contribution in [0.5, 0.6) is 0 Å². The van der Waals surface area contributed by atoms with Crippen molar-refractivity contribution in [2.75, 3.05) is 11.9 Å². The number of β-amino-alcohol motifs (C(OH)–C–C–N with tert-alkyl or cyclic N) is 1. The minimum absolute atomic E-state index is 0.132. The Morgan fingerprint density at radius 3 is 3.00 bits per heavy atom. The van der Waals surface area contributed by atoms with Gasteiger partial charge in [0.2, 0.25) is 5.91 Å². The van der Waals surface area contributed by atoms with Crippen LogP contribution in [0.15, 0.2) is 22.7 Å². The molecule has 0 radical (unpaired) electrons. The number of hydrogen-bond acceptors (Lipinski definition) is 3. The second-order valence-electron chi connectivity index (χ2n) is 3.96. The van der Waals surface area contributed by atoms with Gasteiger partial charge in [0.05, 0.1) is 17.8 Å². The number of rotatable bonds is 2. The average Bonchev–Trinajstić information content (AvgIpc) is 2.70. The van der Waals surface area contributed by atoms with Gasteiger partial charge in [-0.3, -0.25) is 4.79 Å². The van der Waals surface area contributed by atoms with Crippen LogP contribution in [0.1, 0.15) is 6.42 Å². The van der Waals surface area contributed by atoms with E-state index in [4.69, 9.17) is 0 Å². The summed E-state index contributed by atoms with van der Waals surface area (Å²) in [5, 5.41) is 14.6. The molecule has 0 aromatic heterocycles. The quantitative estimate of drug-likeness (QED) is 0.770. The fourth-order valence-electron chi connectivity index (χ4n) is 1.73. The lowest BCUT2D eigenvalue weighted by atomic mass is 10.2. The summed E-state index contributed by atoms with van der Waals surface area (Å²) in [6.45, 7) is 0.388. The lowest BCUT2D eigenvalue weighted by Crippen LogP contribution is -2.35. The van der Waals surface area contributed by atoms with Gasteiger partial charge < -0.3 is 15.7 Å². The number of aliphatic hydroxyl groups excluding tert-OH is 1. The molecule has 0 spiro atoms. The Balaban J connectivity index is 2.05. The zero-order chi connectivity index (χ0) is 12.4. The van der Waals surface area contributed by atoms with Crippen LogP contribution >= 0.6 is 15.9 Å². The van der Waals surface area contributed by atoms with E-state index in [-0.39, 0.29) is 11.6 Å². The van der Waals surface area contributed by atoms with Crippen LogP contribution < -0.4 is 10.6 Å². The third-order valence-electron chi connectivity index (χ3n) is 2.61. The van der Waals surface area contributed by atoms with Crippen LogP contribution in [-0.2, 0) is 4.79 Å². The molecule has 1 aromatic rings. The molecule has 2 unspecified atom stereocenters. The van der Waals surface area contributed by atoms with Crippen molar-refractivity contribution in [2.24, 2.45) is 0 Å². The van der Waals surface area contributed by atoms with Crippen LogP contribution in [0.3, 0.4) is 0 Å². The molecule has 0 bridgehead atoms. The number of carbonyl (C=O) groups excluding carboxylic acids is 1. The standard InChI is InChI=1S/C11H12BrFN2O2/c12-6-1-2-8(13)9(3-6)15-11(17)10-4-7(16)5-14-10/h1-3,7,10,14,16H,4-5H2,(H,15,17). The molecule has 4 nitrogen and oxygen atoms in total. The van der Waals surface area contributed by atoms with Crippen LogP contribution in [0.4, 0.5) is 10.1 Å². The predicted molar refractivity (Wildman–Crippen MR) is 65.1 cm³/mol. The van der Waals surface area contributed by atoms with Gasteiger partial charge in [0.1, 0.15) is 5.82 Å². The fourth-order valence-corrected chi connectivity index (χ4v) is 2.09. The van der Waals surface area contributed by atoms with Gasteiger partial charge in [-0.15, -0.1) is 0 Å². The molecule has 1 aromatic carbocycles. The number of halogens is 2. The third-order valence-corrected chi connectivity index (χ3v) is 3.10. The Morgan fingerprint density at radius 2 is 2.35 bits per heavy atom. The van der Waals surface area contributed by atoms with Crippen molar-refractivity contribution in [1.82, 2.24) is 5.32 Å². The van der Waals surface area contributed by atoms with Gasteiger partial charge in [0, 0.05) is 11.0 Å². The number of nitrogens with one attached hydrogen (secondary N) is 2. The Kier molecular flexibility index (Phi) is 3.76. The van der Waals surface area contributed by atoms with Crippen molar-refractivity contribution in [3.63, 3.8) is 0 Å². The second-order valence-corrected chi connectivity index (χ2v) is 4.88. The first-order chi connectivity index (χ1) is 8.06. The van der Waals surface area contributed by atoms with Crippen LogP contribution in [0, 0.1) is 5.82 Å². The molecular formula is C11H12BrFN2O2. The molecule has 6 heteroatoms. The molecule has 0 aliphatic carbocycles. The van der Waals surface area contributed by atoms with Crippen LogP contribution in [-0.4, -0.2) is 29.7 Å². The minimum atomic E-state index is -0.516. The average molecular weight is 303 g/mol. The molecule has 1 saturated heterocycles. The van der Waals surface area contributed by atoms with Gasteiger partial charge >= 0.3 is 0 Å². The van der Waals surface area contributed by atoms with Crippen molar-refractivity contribution < 1.29 is 14.3 Å². The number of benzene rings is 1. The van der Waals surface area contributed by atoms with Crippen LogP contribution in [0.2, 0.25) is 0 Å². The minimum Gasteiger partial charge on any atom is -0.392 e. The molecular weight excluding hydrogens is 291 g/mol. The Labute approximate surface area is 106 Å². The maximum absolute atomic E-state index is 13.4. The molecule has 0 saturated carbocycles. The second kappa shape index (κ2) is 5.12. The monoisotopic (exact) mass is 302 g/mol. The molecule has 1 amide bonds. The molecule has 1 aliphatic rings. The lowest BCUT2D eigenvalue weighted by Gasteiger charge is -2.11. The highest BCUT2D eigenvalue weighted by Crippen LogP contribution is 2.20. The summed E-state index contributed by atoms with van der Waals surface area (Å²) in [6, 6.07) is 3.86. The smallest absolute Gasteiger partial charge is 0.241 e. The van der Waals surface area contributed by atoms with E-state index >= 15 is 0 Å². The van der Waals surface area contributed by atoms with Gasteiger partial charge in [0.25, 0.3) is 0 Å². The molecule has 2 rings (SSSR count). The number of aliphatic hydroxyl groups is 1. The molecule has 92 valence electrons. The van der Waals surface area contributed by atoms with E-state index in [1.54, 1.807) is 6.07 Å². The summed E-state index contributed by atoms with van der Waals surface area (Å²) in [7, 11) is 0. The Hall–Kier alpha value is -0.980. The van der Waals surface area contributed by atoms with Crippen LogP contribution in [0.25, 0.3) is 0 Å². The first-order valence-electron chi connectivity index (χ1n) is 5.23. The first kappa shape index (κ1) is 12.5. The SMILES string of the molecule is O=C(Nc1cc(Br)ccc1F)C1CC(O)CN1. The largest absolute Gasteiger partial charge is 0.392 e. The first-order valence-corrected chi connectivity index (χ1v) is 6.03. The van der Waals surface area contributed by atoms with Crippen molar-refractivity contribution in [3.8, 4) is 0 Å². The summed E-state index contributed by atoms with van der Waals surface area (Å²) >= 11 is 3.21. The summed E-state index contributed by atoms with van der Waals surface area (Å²) < 4.78 is 14.1. The summed E-state index contributed by atoms with van der Waals surface area (Å²) in [4.78, 5) is 11.8. The van der Waals surface area contributed by atoms with Crippen molar-refractivity contribution in [1.29, 1.82) is 0 Å². The maximum atomic E-state index is 13.4. The van der Waals surface area contributed by atoms with Gasteiger partial charge in [0.15, 0.2) is 0 Å². The van der Waals surface area contributed by atoms with Crippen molar-refractivity contribution in [3.05, 3.63) is 28.5 Å². The number of hydrogen-bond donors (Lipinski definition) is 3. The molecule has 3 N–H and O–H groups in total. The number of carbonyl (C=O) groups is 1. The van der Waals surface area contributed by atoms with Crippen molar-refractivity contribution >= 4 is 27.5 Å². The van der Waals surface area contributed by atoms with E-state index < -0.39 is 18.0 Å². The zero-order valence-corrected chi connectivity index (χ0v) is 10.5. The van der Waals surface area contributed by atoms with Gasteiger partial charge in [-0.05, 0) is 24.6 Å².